The van der Waals surface area contributed by atoms with E-state index in [0.29, 0.717) is 11.3 Å². The predicted octanol–water partition coefficient (Wildman–Crippen LogP) is 2.36. The number of ether oxygens (including phenoxy) is 1. The lowest BCUT2D eigenvalue weighted by molar-refractivity contribution is -0.114. The summed E-state index contributed by atoms with van der Waals surface area (Å²) in [5.41, 5.74) is 7.38. The van der Waals surface area contributed by atoms with Gasteiger partial charge in [0.05, 0.1) is 5.92 Å². The summed E-state index contributed by atoms with van der Waals surface area (Å²) in [6.07, 6.45) is 0. The number of carbonyl (C=O) groups excluding carboxylic acids is 1. The van der Waals surface area contributed by atoms with Crippen LogP contribution in [0.1, 0.15) is 25.3 Å². The van der Waals surface area contributed by atoms with Crippen molar-refractivity contribution in [3.05, 3.63) is 58.7 Å². The van der Waals surface area contributed by atoms with Crippen molar-refractivity contribution >= 4 is 5.78 Å². The first-order valence-electron chi connectivity index (χ1n) is 5.90. The fraction of sp³-hybridized carbons (Fsp3) is 0.200. The SMILES string of the molecule is CC(=O)C1=C(C)OC(N)=C(C#N)[C@H]1c1ccccc1. The van der Waals surface area contributed by atoms with Crippen molar-refractivity contribution in [2.45, 2.75) is 19.8 Å². The van der Waals surface area contributed by atoms with Crippen molar-refractivity contribution < 1.29 is 9.53 Å². The smallest absolute Gasteiger partial charge is 0.205 e. The number of rotatable bonds is 2. The molecule has 2 rings (SSSR count). The maximum Gasteiger partial charge on any atom is 0.205 e. The molecule has 1 aromatic carbocycles. The standard InChI is InChI=1S/C15H14N2O2/c1-9(18)13-10(2)19-15(17)12(8-16)14(13)11-6-4-3-5-7-11/h3-7,14H,17H2,1-2H3/t14-/m1/s1. The molecule has 4 heteroatoms. The number of hydrogen-bond acceptors (Lipinski definition) is 4. The van der Waals surface area contributed by atoms with Gasteiger partial charge in [0.1, 0.15) is 17.4 Å². The van der Waals surface area contributed by atoms with Crippen LogP contribution in [0.4, 0.5) is 0 Å². The Bertz CT molecular complexity index is 621. The summed E-state index contributed by atoms with van der Waals surface area (Å²) in [5.74, 6) is -0.0410. The lowest BCUT2D eigenvalue weighted by atomic mass is 9.81. The Kier molecular flexibility index (Phi) is 3.39. The van der Waals surface area contributed by atoms with Gasteiger partial charge in [0.25, 0.3) is 0 Å². The highest BCUT2D eigenvalue weighted by Crippen LogP contribution is 2.38. The van der Waals surface area contributed by atoms with Crippen molar-refractivity contribution in [3.63, 3.8) is 0 Å². The zero-order valence-corrected chi connectivity index (χ0v) is 10.8. The molecule has 0 spiro atoms. The van der Waals surface area contributed by atoms with Crippen molar-refractivity contribution in [1.29, 1.82) is 5.26 Å². The first-order valence-corrected chi connectivity index (χ1v) is 5.90. The van der Waals surface area contributed by atoms with E-state index in [0.717, 1.165) is 5.56 Å². The van der Waals surface area contributed by atoms with Crippen molar-refractivity contribution in [3.8, 4) is 6.07 Å². The van der Waals surface area contributed by atoms with E-state index in [1.54, 1.807) is 6.92 Å². The van der Waals surface area contributed by atoms with Gasteiger partial charge in [0.15, 0.2) is 5.78 Å². The minimum atomic E-state index is -0.447. The number of nitrogens with zero attached hydrogens (tertiary/aromatic N) is 1. The molecule has 0 bridgehead atoms. The molecule has 0 saturated heterocycles. The van der Waals surface area contributed by atoms with E-state index in [4.69, 9.17) is 10.5 Å². The van der Waals surface area contributed by atoms with Gasteiger partial charge in [0.2, 0.25) is 5.88 Å². The number of nitriles is 1. The molecule has 19 heavy (non-hydrogen) atoms. The van der Waals surface area contributed by atoms with E-state index < -0.39 is 5.92 Å². The van der Waals surface area contributed by atoms with Crippen LogP contribution in [0.15, 0.2) is 53.1 Å². The summed E-state index contributed by atoms with van der Waals surface area (Å²) >= 11 is 0. The van der Waals surface area contributed by atoms with E-state index in [2.05, 4.69) is 6.07 Å². The molecule has 1 aliphatic heterocycles. The van der Waals surface area contributed by atoms with Gasteiger partial charge in [-0.2, -0.15) is 5.26 Å². The van der Waals surface area contributed by atoms with Gasteiger partial charge in [-0.05, 0) is 19.4 Å². The normalized spacial score (nSPS) is 18.9. The van der Waals surface area contributed by atoms with E-state index in [9.17, 15) is 10.1 Å². The zero-order chi connectivity index (χ0) is 14.0. The molecule has 4 nitrogen and oxygen atoms in total. The molecule has 0 radical (unpaired) electrons. The van der Waals surface area contributed by atoms with E-state index in [1.807, 2.05) is 30.3 Å². The first-order chi connectivity index (χ1) is 9.06. The molecule has 1 aromatic rings. The minimum Gasteiger partial charge on any atom is -0.445 e. The number of allylic oxidation sites excluding steroid dienone is 3. The average Bonchev–Trinajstić information content (AvgIpc) is 2.38. The maximum absolute atomic E-state index is 11.9. The van der Waals surface area contributed by atoms with E-state index in [1.165, 1.54) is 6.92 Å². The topological polar surface area (TPSA) is 76.1 Å². The number of carbonyl (C=O) groups is 1. The molecular formula is C15H14N2O2. The Morgan fingerprint density at radius 2 is 2.00 bits per heavy atom. The number of hydrogen-bond donors (Lipinski definition) is 1. The quantitative estimate of drug-likeness (QED) is 0.878. The van der Waals surface area contributed by atoms with E-state index in [-0.39, 0.29) is 17.2 Å². The van der Waals surface area contributed by atoms with Gasteiger partial charge >= 0.3 is 0 Å². The molecule has 0 unspecified atom stereocenters. The minimum absolute atomic E-state index is 0.0684. The highest BCUT2D eigenvalue weighted by molar-refractivity contribution is 5.96. The molecule has 1 atom stereocenters. The molecule has 0 aromatic heterocycles. The molecule has 1 heterocycles. The largest absolute Gasteiger partial charge is 0.445 e. The number of ketones is 1. The van der Waals surface area contributed by atoms with Crippen LogP contribution in [0.5, 0.6) is 0 Å². The third-order valence-electron chi connectivity index (χ3n) is 3.12. The lowest BCUT2D eigenvalue weighted by Gasteiger charge is -2.26. The van der Waals surface area contributed by atoms with Gasteiger partial charge in [-0.15, -0.1) is 0 Å². The maximum atomic E-state index is 11.9. The third kappa shape index (κ3) is 2.23. The number of nitrogens with two attached hydrogens (primary N) is 1. The second-order valence-electron chi connectivity index (χ2n) is 4.36. The fourth-order valence-electron chi connectivity index (χ4n) is 2.31. The predicted molar refractivity (Wildman–Crippen MR) is 70.5 cm³/mol. The molecule has 2 N–H and O–H groups in total. The number of benzene rings is 1. The Hall–Kier alpha value is -2.54. The van der Waals surface area contributed by atoms with E-state index >= 15 is 0 Å². The highest BCUT2D eigenvalue weighted by atomic mass is 16.5. The summed E-state index contributed by atoms with van der Waals surface area (Å²) in [6.45, 7) is 3.16. The van der Waals surface area contributed by atoms with Crippen molar-refractivity contribution in [2.75, 3.05) is 0 Å². The summed E-state index contributed by atoms with van der Waals surface area (Å²) in [7, 11) is 0. The Morgan fingerprint density at radius 1 is 1.37 bits per heavy atom. The van der Waals surface area contributed by atoms with Gasteiger partial charge in [0, 0.05) is 5.57 Å². The van der Waals surface area contributed by atoms with Crippen molar-refractivity contribution in [2.24, 2.45) is 5.73 Å². The molecular weight excluding hydrogens is 240 g/mol. The summed E-state index contributed by atoms with van der Waals surface area (Å²) in [4.78, 5) is 11.9. The second kappa shape index (κ2) is 4.99. The average molecular weight is 254 g/mol. The molecule has 0 aliphatic carbocycles. The van der Waals surface area contributed by atoms with Crippen LogP contribution in [0, 0.1) is 11.3 Å². The van der Waals surface area contributed by atoms with Crippen molar-refractivity contribution in [1.82, 2.24) is 0 Å². The van der Waals surface area contributed by atoms with Crippen LogP contribution < -0.4 is 5.73 Å². The van der Waals surface area contributed by atoms with Crippen LogP contribution >= 0.6 is 0 Å². The molecule has 1 aliphatic rings. The second-order valence-corrected chi connectivity index (χ2v) is 4.36. The van der Waals surface area contributed by atoms with Crippen LogP contribution in [0.2, 0.25) is 0 Å². The van der Waals surface area contributed by atoms with Gasteiger partial charge in [-0.3, -0.25) is 4.79 Å². The Morgan fingerprint density at radius 3 is 2.53 bits per heavy atom. The van der Waals surface area contributed by atoms with Gasteiger partial charge < -0.3 is 10.5 Å². The Labute approximate surface area is 111 Å². The van der Waals surface area contributed by atoms with Gasteiger partial charge in [-0.25, -0.2) is 0 Å². The first kappa shape index (κ1) is 12.9. The lowest BCUT2D eigenvalue weighted by Crippen LogP contribution is -2.23. The molecule has 0 saturated carbocycles. The van der Waals surface area contributed by atoms with Crippen LogP contribution in [-0.2, 0) is 9.53 Å². The molecule has 0 fully saturated rings. The fourth-order valence-corrected chi connectivity index (χ4v) is 2.31. The molecule has 96 valence electrons. The summed E-state index contributed by atoms with van der Waals surface area (Å²) < 4.78 is 5.31. The molecule has 0 amide bonds. The zero-order valence-electron chi connectivity index (χ0n) is 10.8. The summed E-state index contributed by atoms with van der Waals surface area (Å²) in [5, 5.41) is 9.28. The third-order valence-corrected chi connectivity index (χ3v) is 3.12. The van der Waals surface area contributed by atoms with Crippen LogP contribution in [-0.4, -0.2) is 5.78 Å². The monoisotopic (exact) mass is 254 g/mol. The number of Topliss-reactive ketones (excluding diaryl/α,β-unsaturated/α-hetero) is 1. The van der Waals surface area contributed by atoms with Crippen LogP contribution in [0.3, 0.4) is 0 Å². The highest BCUT2D eigenvalue weighted by Gasteiger charge is 2.33. The van der Waals surface area contributed by atoms with Gasteiger partial charge in [-0.1, -0.05) is 30.3 Å². The Balaban J connectivity index is 2.65. The summed E-state index contributed by atoms with van der Waals surface area (Å²) in [6, 6.07) is 11.4. The van der Waals surface area contributed by atoms with Crippen LogP contribution in [0.25, 0.3) is 0 Å².